The van der Waals surface area contributed by atoms with Gasteiger partial charge in [-0.2, -0.15) is 0 Å². The lowest BCUT2D eigenvalue weighted by atomic mass is 9.90. The molecule has 18 heavy (non-hydrogen) atoms. The Balaban J connectivity index is 1.83. The van der Waals surface area contributed by atoms with Crippen molar-refractivity contribution in [2.45, 2.75) is 12.3 Å². The van der Waals surface area contributed by atoms with Crippen LogP contribution < -0.4 is 10.6 Å². The van der Waals surface area contributed by atoms with Crippen LogP contribution in [0.1, 0.15) is 17.9 Å². The zero-order valence-corrected chi connectivity index (χ0v) is 9.72. The van der Waals surface area contributed by atoms with Crippen LogP contribution in [0.3, 0.4) is 0 Å². The van der Waals surface area contributed by atoms with Crippen molar-refractivity contribution < 1.29 is 9.32 Å². The van der Waals surface area contributed by atoms with E-state index >= 15 is 0 Å². The topological polar surface area (TPSA) is 67.2 Å². The van der Waals surface area contributed by atoms with Gasteiger partial charge in [0.25, 0.3) is 0 Å². The zero-order valence-electron chi connectivity index (χ0n) is 9.72. The van der Waals surface area contributed by atoms with Crippen LogP contribution >= 0.6 is 0 Å². The lowest BCUT2D eigenvalue weighted by Crippen LogP contribution is -2.27. The summed E-state index contributed by atoms with van der Waals surface area (Å²) in [5, 5.41) is 9.74. The molecule has 1 aliphatic rings. The number of para-hydroxylation sites is 1. The molecule has 0 saturated heterocycles. The van der Waals surface area contributed by atoms with Crippen molar-refractivity contribution >= 4 is 17.4 Å². The normalized spacial score (nSPS) is 17.7. The molecule has 0 bridgehead atoms. The highest BCUT2D eigenvalue weighted by molar-refractivity contribution is 5.96. The molecule has 92 valence electrons. The summed E-state index contributed by atoms with van der Waals surface area (Å²) < 4.78 is 4.70. The van der Waals surface area contributed by atoms with E-state index in [1.54, 1.807) is 6.07 Å². The summed E-state index contributed by atoms with van der Waals surface area (Å²) in [6.07, 6.45) is 2.21. The zero-order chi connectivity index (χ0) is 12.4. The number of rotatable bonds is 2. The minimum absolute atomic E-state index is 0.0437. The van der Waals surface area contributed by atoms with Crippen LogP contribution in [-0.2, 0) is 4.79 Å². The van der Waals surface area contributed by atoms with Gasteiger partial charge in [-0.15, -0.1) is 0 Å². The Morgan fingerprint density at radius 1 is 1.39 bits per heavy atom. The molecule has 0 fully saturated rings. The SMILES string of the molecule is O=C(Nc1ccon1)C1CCNc2ccccc21. The van der Waals surface area contributed by atoms with Crippen LogP contribution in [0.5, 0.6) is 0 Å². The molecule has 0 aliphatic carbocycles. The van der Waals surface area contributed by atoms with Crippen molar-refractivity contribution in [3.05, 3.63) is 42.2 Å². The molecule has 0 spiro atoms. The van der Waals surface area contributed by atoms with Crippen molar-refractivity contribution in [2.75, 3.05) is 17.2 Å². The molecule has 1 aliphatic heterocycles. The number of fused-ring (bicyclic) bond motifs is 1. The molecule has 2 N–H and O–H groups in total. The van der Waals surface area contributed by atoms with Crippen molar-refractivity contribution in [2.24, 2.45) is 0 Å². The number of carbonyl (C=O) groups excluding carboxylic acids is 1. The summed E-state index contributed by atoms with van der Waals surface area (Å²) in [7, 11) is 0. The molecule has 2 aromatic rings. The molecule has 2 heterocycles. The minimum Gasteiger partial charge on any atom is -0.385 e. The van der Waals surface area contributed by atoms with E-state index in [0.29, 0.717) is 5.82 Å². The number of anilines is 2. The predicted molar refractivity (Wildman–Crippen MR) is 67.4 cm³/mol. The summed E-state index contributed by atoms with van der Waals surface area (Å²) in [6.45, 7) is 0.800. The quantitative estimate of drug-likeness (QED) is 0.848. The van der Waals surface area contributed by atoms with Gasteiger partial charge in [-0.25, -0.2) is 0 Å². The lowest BCUT2D eigenvalue weighted by molar-refractivity contribution is -0.117. The first kappa shape index (κ1) is 10.8. The van der Waals surface area contributed by atoms with Gasteiger partial charge in [0.15, 0.2) is 5.82 Å². The first-order valence-corrected chi connectivity index (χ1v) is 5.88. The number of carbonyl (C=O) groups is 1. The highest BCUT2D eigenvalue weighted by Gasteiger charge is 2.26. The van der Waals surface area contributed by atoms with Crippen LogP contribution in [0.15, 0.2) is 41.1 Å². The van der Waals surface area contributed by atoms with E-state index in [1.807, 2.05) is 24.3 Å². The summed E-state index contributed by atoms with van der Waals surface area (Å²) in [5.41, 5.74) is 2.06. The van der Waals surface area contributed by atoms with Crippen LogP contribution in [0.4, 0.5) is 11.5 Å². The highest BCUT2D eigenvalue weighted by Crippen LogP contribution is 2.31. The Bertz CT molecular complexity index is 551. The maximum absolute atomic E-state index is 12.2. The predicted octanol–water partition coefficient (Wildman–Crippen LogP) is 2.21. The third kappa shape index (κ3) is 1.95. The summed E-state index contributed by atoms with van der Waals surface area (Å²) in [4.78, 5) is 12.2. The summed E-state index contributed by atoms with van der Waals surface area (Å²) in [6, 6.07) is 9.51. The van der Waals surface area contributed by atoms with Gasteiger partial charge in [-0.1, -0.05) is 23.4 Å². The van der Waals surface area contributed by atoms with Gasteiger partial charge in [0, 0.05) is 18.3 Å². The number of aromatic nitrogens is 1. The first-order chi connectivity index (χ1) is 8.84. The third-order valence-corrected chi connectivity index (χ3v) is 3.09. The fourth-order valence-electron chi connectivity index (χ4n) is 2.23. The molecule has 3 rings (SSSR count). The molecule has 1 aromatic heterocycles. The number of benzene rings is 1. The number of nitrogens with zero attached hydrogens (tertiary/aromatic N) is 1. The Morgan fingerprint density at radius 2 is 2.28 bits per heavy atom. The van der Waals surface area contributed by atoms with Crippen LogP contribution in [0.25, 0.3) is 0 Å². The molecule has 1 aromatic carbocycles. The van der Waals surface area contributed by atoms with Gasteiger partial charge < -0.3 is 15.2 Å². The second kappa shape index (κ2) is 4.52. The molecular weight excluding hydrogens is 230 g/mol. The second-order valence-electron chi connectivity index (χ2n) is 4.23. The molecule has 1 atom stereocenters. The van der Waals surface area contributed by atoms with Crippen LogP contribution in [-0.4, -0.2) is 17.6 Å². The molecule has 5 heteroatoms. The van der Waals surface area contributed by atoms with Crippen molar-refractivity contribution in [1.29, 1.82) is 0 Å². The van der Waals surface area contributed by atoms with E-state index in [9.17, 15) is 4.79 Å². The number of hydrogen-bond acceptors (Lipinski definition) is 4. The standard InChI is InChI=1S/C13H13N3O2/c17-13(15-12-6-8-18-16-12)10-5-7-14-11-4-2-1-3-9(10)11/h1-4,6,8,10,14H,5,7H2,(H,15,16,17). The first-order valence-electron chi connectivity index (χ1n) is 5.88. The maximum Gasteiger partial charge on any atom is 0.233 e. The Labute approximate surface area is 104 Å². The minimum atomic E-state index is -0.140. The lowest BCUT2D eigenvalue weighted by Gasteiger charge is -2.25. The number of amides is 1. The van der Waals surface area contributed by atoms with Gasteiger partial charge in [0.2, 0.25) is 5.91 Å². The molecule has 1 amide bonds. The van der Waals surface area contributed by atoms with Crippen LogP contribution in [0.2, 0.25) is 0 Å². The van der Waals surface area contributed by atoms with Crippen molar-refractivity contribution in [3.63, 3.8) is 0 Å². The second-order valence-corrected chi connectivity index (χ2v) is 4.23. The fraction of sp³-hybridized carbons (Fsp3) is 0.231. The van der Waals surface area contributed by atoms with E-state index in [1.165, 1.54) is 6.26 Å². The molecule has 0 saturated carbocycles. The number of hydrogen-bond donors (Lipinski definition) is 2. The van der Waals surface area contributed by atoms with Gasteiger partial charge >= 0.3 is 0 Å². The average Bonchev–Trinajstić information content (AvgIpc) is 2.91. The van der Waals surface area contributed by atoms with E-state index in [4.69, 9.17) is 4.52 Å². The third-order valence-electron chi connectivity index (χ3n) is 3.09. The Morgan fingerprint density at radius 3 is 3.11 bits per heavy atom. The number of nitrogens with one attached hydrogen (secondary N) is 2. The van der Waals surface area contributed by atoms with Gasteiger partial charge in [0.05, 0.1) is 5.92 Å². The molecular formula is C13H13N3O2. The monoisotopic (exact) mass is 243 g/mol. The average molecular weight is 243 g/mol. The van der Waals surface area contributed by atoms with Gasteiger partial charge in [-0.05, 0) is 18.1 Å². The van der Waals surface area contributed by atoms with Crippen LogP contribution in [0, 0.1) is 0 Å². The van der Waals surface area contributed by atoms with E-state index in [0.717, 1.165) is 24.2 Å². The van der Waals surface area contributed by atoms with Gasteiger partial charge in [0.1, 0.15) is 6.26 Å². The Hall–Kier alpha value is -2.30. The Kier molecular flexibility index (Phi) is 2.72. The maximum atomic E-state index is 12.2. The molecule has 1 unspecified atom stereocenters. The highest BCUT2D eigenvalue weighted by atomic mass is 16.5. The smallest absolute Gasteiger partial charge is 0.233 e. The molecule has 5 nitrogen and oxygen atoms in total. The van der Waals surface area contributed by atoms with E-state index < -0.39 is 0 Å². The molecule has 0 radical (unpaired) electrons. The van der Waals surface area contributed by atoms with Crippen molar-refractivity contribution in [1.82, 2.24) is 5.16 Å². The van der Waals surface area contributed by atoms with E-state index in [2.05, 4.69) is 15.8 Å². The summed E-state index contributed by atoms with van der Waals surface area (Å²) in [5.74, 6) is 0.271. The fourth-order valence-corrected chi connectivity index (χ4v) is 2.23. The summed E-state index contributed by atoms with van der Waals surface area (Å²) >= 11 is 0. The van der Waals surface area contributed by atoms with Crippen molar-refractivity contribution in [3.8, 4) is 0 Å². The largest absolute Gasteiger partial charge is 0.385 e. The van der Waals surface area contributed by atoms with Gasteiger partial charge in [-0.3, -0.25) is 4.79 Å². The van der Waals surface area contributed by atoms with E-state index in [-0.39, 0.29) is 11.8 Å².